The van der Waals surface area contributed by atoms with Crippen molar-refractivity contribution in [3.63, 3.8) is 0 Å². The monoisotopic (exact) mass is 289 g/mol. The first kappa shape index (κ1) is 14.7. The molecule has 0 atom stereocenters. The van der Waals surface area contributed by atoms with Gasteiger partial charge >= 0.3 is 0 Å². The van der Waals surface area contributed by atoms with Gasteiger partial charge in [-0.05, 0) is 35.7 Å². The van der Waals surface area contributed by atoms with Gasteiger partial charge in [0.15, 0.2) is 0 Å². The van der Waals surface area contributed by atoms with E-state index in [0.29, 0.717) is 5.92 Å². The third-order valence-electron chi connectivity index (χ3n) is 2.83. The smallest absolute Gasteiger partial charge is 0.142 e. The Morgan fingerprint density at radius 1 is 1.10 bits per heavy atom. The fraction of sp³-hybridized carbons (Fsp3) is 0.294. The number of halogens is 1. The highest BCUT2D eigenvalue weighted by Crippen LogP contribution is 2.25. The van der Waals surface area contributed by atoms with Crippen LogP contribution in [-0.4, -0.2) is 6.61 Å². The van der Waals surface area contributed by atoms with Gasteiger partial charge in [-0.3, -0.25) is 0 Å². The summed E-state index contributed by atoms with van der Waals surface area (Å²) in [7, 11) is 0. The molecule has 0 aliphatic carbocycles. The van der Waals surface area contributed by atoms with Gasteiger partial charge in [0.05, 0.1) is 12.3 Å². The van der Waals surface area contributed by atoms with Crippen molar-refractivity contribution in [3.05, 3.63) is 59.1 Å². The Hall–Kier alpha value is -1.67. The molecular weight excluding hydrogens is 270 g/mol. The lowest BCUT2D eigenvalue weighted by molar-refractivity contribution is 0.272. The highest BCUT2D eigenvalue weighted by Gasteiger charge is 2.04. The van der Waals surface area contributed by atoms with Crippen LogP contribution in [-0.2, 0) is 6.54 Å². The molecule has 0 bridgehead atoms. The number of ether oxygens (including phenoxy) is 1. The van der Waals surface area contributed by atoms with Gasteiger partial charge in [-0.25, -0.2) is 0 Å². The number of hydrogen-bond acceptors (Lipinski definition) is 2. The minimum absolute atomic E-state index is 0.510. The minimum Gasteiger partial charge on any atom is -0.491 e. The van der Waals surface area contributed by atoms with Crippen molar-refractivity contribution in [2.24, 2.45) is 5.92 Å². The van der Waals surface area contributed by atoms with Gasteiger partial charge in [0.1, 0.15) is 5.75 Å². The Labute approximate surface area is 125 Å². The summed E-state index contributed by atoms with van der Waals surface area (Å²) in [5.41, 5.74) is 2.16. The first-order valence-corrected chi connectivity index (χ1v) is 7.23. The number of nitrogens with one attached hydrogen (secondary N) is 1. The normalized spacial score (nSPS) is 10.6. The van der Waals surface area contributed by atoms with Crippen LogP contribution in [0.3, 0.4) is 0 Å². The zero-order chi connectivity index (χ0) is 14.4. The van der Waals surface area contributed by atoms with Gasteiger partial charge in [-0.2, -0.15) is 0 Å². The highest BCUT2D eigenvalue weighted by molar-refractivity contribution is 6.30. The molecule has 2 rings (SSSR count). The molecule has 2 aromatic carbocycles. The van der Waals surface area contributed by atoms with Crippen LogP contribution in [0.2, 0.25) is 5.02 Å². The van der Waals surface area contributed by atoms with Gasteiger partial charge in [0.25, 0.3) is 0 Å². The van der Waals surface area contributed by atoms with E-state index in [1.54, 1.807) is 0 Å². The lowest BCUT2D eigenvalue weighted by atomic mass is 10.2. The Balaban J connectivity index is 2.02. The maximum atomic E-state index is 5.99. The van der Waals surface area contributed by atoms with Gasteiger partial charge in [0.2, 0.25) is 0 Å². The summed E-state index contributed by atoms with van der Waals surface area (Å²) >= 11 is 5.99. The predicted molar refractivity (Wildman–Crippen MR) is 85.6 cm³/mol. The van der Waals surface area contributed by atoms with E-state index in [2.05, 4.69) is 25.2 Å². The third kappa shape index (κ3) is 4.46. The molecule has 0 fully saturated rings. The Kier molecular flexibility index (Phi) is 5.31. The average molecular weight is 290 g/mol. The van der Waals surface area contributed by atoms with Crippen molar-refractivity contribution in [1.29, 1.82) is 0 Å². The Bertz CT molecular complexity index is 554. The molecule has 0 saturated heterocycles. The van der Waals surface area contributed by atoms with Gasteiger partial charge in [0, 0.05) is 11.6 Å². The largest absolute Gasteiger partial charge is 0.491 e. The van der Waals surface area contributed by atoms with Crippen molar-refractivity contribution in [1.82, 2.24) is 0 Å². The van der Waals surface area contributed by atoms with E-state index in [1.165, 1.54) is 0 Å². The van der Waals surface area contributed by atoms with E-state index in [4.69, 9.17) is 16.3 Å². The lowest BCUT2D eigenvalue weighted by Crippen LogP contribution is -2.07. The van der Waals surface area contributed by atoms with E-state index >= 15 is 0 Å². The molecule has 0 amide bonds. The molecule has 3 heteroatoms. The van der Waals surface area contributed by atoms with Crippen LogP contribution in [0.4, 0.5) is 5.69 Å². The van der Waals surface area contributed by atoms with Gasteiger partial charge in [-0.15, -0.1) is 0 Å². The first-order chi connectivity index (χ1) is 9.65. The predicted octanol–water partition coefficient (Wildman–Crippen LogP) is 4.99. The standard InChI is InChI=1S/C17H20ClNO/c1-13(2)12-20-17-9-4-3-8-16(17)19-11-14-6-5-7-15(18)10-14/h3-10,13,19H,11-12H2,1-2H3. The molecule has 0 aliphatic rings. The zero-order valence-corrected chi connectivity index (χ0v) is 12.7. The van der Waals surface area contributed by atoms with Crippen LogP contribution >= 0.6 is 11.6 Å². The quantitative estimate of drug-likeness (QED) is 0.809. The van der Waals surface area contributed by atoms with Gasteiger partial charge in [-0.1, -0.05) is 49.7 Å². The fourth-order valence-corrected chi connectivity index (χ4v) is 2.05. The fourth-order valence-electron chi connectivity index (χ4n) is 1.84. The lowest BCUT2D eigenvalue weighted by Gasteiger charge is -2.14. The van der Waals surface area contributed by atoms with Crippen LogP contribution < -0.4 is 10.1 Å². The molecule has 0 heterocycles. The number of para-hydroxylation sites is 2. The summed E-state index contributed by atoms with van der Waals surface area (Å²) in [5, 5.41) is 4.15. The van der Waals surface area contributed by atoms with Crippen LogP contribution in [0.5, 0.6) is 5.75 Å². The molecule has 2 nitrogen and oxygen atoms in total. The average Bonchev–Trinajstić information content (AvgIpc) is 2.44. The molecule has 0 radical (unpaired) electrons. The minimum atomic E-state index is 0.510. The van der Waals surface area contributed by atoms with Crippen LogP contribution in [0.1, 0.15) is 19.4 Å². The number of rotatable bonds is 6. The summed E-state index contributed by atoms with van der Waals surface area (Å²) < 4.78 is 5.82. The van der Waals surface area contributed by atoms with E-state index in [-0.39, 0.29) is 0 Å². The summed E-state index contributed by atoms with van der Waals surface area (Å²) in [4.78, 5) is 0. The number of hydrogen-bond donors (Lipinski definition) is 1. The van der Waals surface area contributed by atoms with Crippen molar-refractivity contribution in [2.75, 3.05) is 11.9 Å². The van der Waals surface area contributed by atoms with E-state index in [1.807, 2.05) is 42.5 Å². The van der Waals surface area contributed by atoms with Crippen LogP contribution in [0.25, 0.3) is 0 Å². The van der Waals surface area contributed by atoms with Crippen molar-refractivity contribution in [3.8, 4) is 5.75 Å². The molecule has 2 aromatic rings. The summed E-state index contributed by atoms with van der Waals surface area (Å²) in [5.74, 6) is 1.40. The summed E-state index contributed by atoms with van der Waals surface area (Å²) in [6.45, 7) is 5.72. The zero-order valence-electron chi connectivity index (χ0n) is 11.9. The van der Waals surface area contributed by atoms with Crippen molar-refractivity contribution < 1.29 is 4.74 Å². The van der Waals surface area contributed by atoms with Crippen molar-refractivity contribution in [2.45, 2.75) is 20.4 Å². The third-order valence-corrected chi connectivity index (χ3v) is 3.07. The molecule has 1 N–H and O–H groups in total. The van der Waals surface area contributed by atoms with Crippen LogP contribution in [0.15, 0.2) is 48.5 Å². The van der Waals surface area contributed by atoms with Crippen molar-refractivity contribution >= 4 is 17.3 Å². The second-order valence-electron chi connectivity index (χ2n) is 5.18. The molecule has 106 valence electrons. The first-order valence-electron chi connectivity index (χ1n) is 6.85. The van der Waals surface area contributed by atoms with E-state index in [9.17, 15) is 0 Å². The van der Waals surface area contributed by atoms with E-state index < -0.39 is 0 Å². The molecule has 0 aromatic heterocycles. The second-order valence-corrected chi connectivity index (χ2v) is 5.62. The summed E-state index contributed by atoms with van der Waals surface area (Å²) in [6, 6.07) is 15.9. The summed E-state index contributed by atoms with van der Waals surface area (Å²) in [6.07, 6.45) is 0. The Morgan fingerprint density at radius 2 is 1.90 bits per heavy atom. The van der Waals surface area contributed by atoms with Crippen LogP contribution in [0, 0.1) is 5.92 Å². The Morgan fingerprint density at radius 3 is 2.65 bits per heavy atom. The molecule has 0 unspecified atom stereocenters. The van der Waals surface area contributed by atoms with E-state index in [0.717, 1.165) is 35.2 Å². The molecular formula is C17H20ClNO. The van der Waals surface area contributed by atoms with Gasteiger partial charge < -0.3 is 10.1 Å². The molecule has 20 heavy (non-hydrogen) atoms. The molecule has 0 aliphatic heterocycles. The topological polar surface area (TPSA) is 21.3 Å². The molecule has 0 saturated carbocycles. The maximum absolute atomic E-state index is 5.99. The second kappa shape index (κ2) is 7.20. The number of benzene rings is 2. The maximum Gasteiger partial charge on any atom is 0.142 e. The number of anilines is 1. The highest BCUT2D eigenvalue weighted by atomic mass is 35.5. The SMILES string of the molecule is CC(C)COc1ccccc1NCc1cccc(Cl)c1. The molecule has 0 spiro atoms.